The fourth-order valence-electron chi connectivity index (χ4n) is 3.09. The third kappa shape index (κ3) is 4.29. The molecule has 1 amide bonds. The number of hydrogen-bond acceptors (Lipinski definition) is 5. The van der Waals surface area contributed by atoms with E-state index in [2.05, 4.69) is 15.2 Å². The van der Waals surface area contributed by atoms with Gasteiger partial charge in [0.2, 0.25) is 5.91 Å². The summed E-state index contributed by atoms with van der Waals surface area (Å²) in [6.45, 7) is 1.63. The third-order valence-corrected chi connectivity index (χ3v) is 4.77. The molecule has 136 valence electrons. The fourth-order valence-corrected chi connectivity index (χ4v) is 3.20. The summed E-state index contributed by atoms with van der Waals surface area (Å²) in [7, 11) is 0. The van der Waals surface area contributed by atoms with Crippen LogP contribution in [-0.2, 0) is 11.3 Å². The number of rotatable bonds is 5. The van der Waals surface area contributed by atoms with Crippen molar-refractivity contribution in [3.63, 3.8) is 0 Å². The molecule has 3 rings (SSSR count). The SMILES string of the molecule is O=C(NCc1ccccc1[N+](=O)[O-])C1CCN(c2ccc(Cl)cn2)CC1. The summed E-state index contributed by atoms with van der Waals surface area (Å²) in [4.78, 5) is 29.4. The molecule has 0 aliphatic carbocycles. The number of halogens is 1. The zero-order chi connectivity index (χ0) is 18.5. The minimum Gasteiger partial charge on any atom is -0.357 e. The van der Waals surface area contributed by atoms with Gasteiger partial charge in [0.25, 0.3) is 5.69 Å². The first-order valence-electron chi connectivity index (χ1n) is 8.41. The van der Waals surface area contributed by atoms with Gasteiger partial charge < -0.3 is 10.2 Å². The zero-order valence-electron chi connectivity index (χ0n) is 14.1. The predicted octanol–water partition coefficient (Wildman–Crippen LogP) is 3.18. The minimum absolute atomic E-state index is 0.0245. The lowest BCUT2D eigenvalue weighted by Crippen LogP contribution is -2.40. The highest BCUT2D eigenvalue weighted by Gasteiger charge is 2.26. The van der Waals surface area contributed by atoms with Crippen molar-refractivity contribution in [1.82, 2.24) is 10.3 Å². The Bertz CT molecular complexity index is 789. The zero-order valence-corrected chi connectivity index (χ0v) is 14.9. The molecule has 2 aromatic rings. The number of nitrogens with one attached hydrogen (secondary N) is 1. The van der Waals surface area contributed by atoms with E-state index in [1.54, 1.807) is 30.5 Å². The molecular weight excluding hydrogens is 356 g/mol. The van der Waals surface area contributed by atoms with Crippen molar-refractivity contribution >= 4 is 29.0 Å². The van der Waals surface area contributed by atoms with E-state index in [1.165, 1.54) is 6.07 Å². The lowest BCUT2D eigenvalue weighted by atomic mass is 9.95. The lowest BCUT2D eigenvalue weighted by molar-refractivity contribution is -0.385. The van der Waals surface area contributed by atoms with Crippen molar-refractivity contribution in [2.45, 2.75) is 19.4 Å². The molecule has 1 aromatic carbocycles. The van der Waals surface area contributed by atoms with E-state index in [-0.39, 0.29) is 24.1 Å². The van der Waals surface area contributed by atoms with Crippen LogP contribution in [0.3, 0.4) is 0 Å². The van der Waals surface area contributed by atoms with Crippen molar-refractivity contribution in [1.29, 1.82) is 0 Å². The number of para-hydroxylation sites is 1. The van der Waals surface area contributed by atoms with Crippen LogP contribution >= 0.6 is 11.6 Å². The summed E-state index contributed by atoms with van der Waals surface area (Å²) in [6.07, 6.45) is 3.04. The van der Waals surface area contributed by atoms with Crippen LogP contribution in [0.2, 0.25) is 5.02 Å². The summed E-state index contributed by atoms with van der Waals surface area (Å²) in [5.74, 6) is 0.696. The molecule has 7 nitrogen and oxygen atoms in total. The van der Waals surface area contributed by atoms with Gasteiger partial charge >= 0.3 is 0 Å². The van der Waals surface area contributed by atoms with Crippen LogP contribution in [-0.4, -0.2) is 28.9 Å². The summed E-state index contributed by atoms with van der Waals surface area (Å²) in [5, 5.41) is 14.5. The molecular formula is C18H19ClN4O3. The van der Waals surface area contributed by atoms with Crippen LogP contribution in [0.25, 0.3) is 0 Å². The van der Waals surface area contributed by atoms with Crippen molar-refractivity contribution in [2.24, 2.45) is 5.92 Å². The highest BCUT2D eigenvalue weighted by molar-refractivity contribution is 6.30. The number of carbonyl (C=O) groups is 1. The first kappa shape index (κ1) is 18.1. The molecule has 1 aliphatic rings. The maximum atomic E-state index is 12.4. The first-order chi connectivity index (χ1) is 12.5. The van der Waals surface area contributed by atoms with Gasteiger partial charge in [0.1, 0.15) is 5.82 Å². The van der Waals surface area contributed by atoms with E-state index in [0.717, 1.165) is 18.9 Å². The highest BCUT2D eigenvalue weighted by Crippen LogP contribution is 2.23. The lowest BCUT2D eigenvalue weighted by Gasteiger charge is -2.32. The van der Waals surface area contributed by atoms with Crippen LogP contribution < -0.4 is 10.2 Å². The van der Waals surface area contributed by atoms with Crippen molar-refractivity contribution in [2.75, 3.05) is 18.0 Å². The molecule has 0 spiro atoms. The molecule has 1 fully saturated rings. The van der Waals surface area contributed by atoms with Crippen LogP contribution in [0, 0.1) is 16.0 Å². The van der Waals surface area contributed by atoms with Crippen LogP contribution in [0.4, 0.5) is 11.5 Å². The monoisotopic (exact) mass is 374 g/mol. The quantitative estimate of drug-likeness (QED) is 0.641. The van der Waals surface area contributed by atoms with Gasteiger partial charge in [0.15, 0.2) is 0 Å². The predicted molar refractivity (Wildman–Crippen MR) is 99.1 cm³/mol. The Morgan fingerprint density at radius 2 is 2.00 bits per heavy atom. The van der Waals surface area contributed by atoms with Gasteiger partial charge in [-0.1, -0.05) is 29.8 Å². The third-order valence-electron chi connectivity index (χ3n) is 4.54. The average Bonchev–Trinajstić information content (AvgIpc) is 2.67. The largest absolute Gasteiger partial charge is 0.357 e. The van der Waals surface area contributed by atoms with Crippen LogP contribution in [0.1, 0.15) is 18.4 Å². The molecule has 0 radical (unpaired) electrons. The number of nitrogens with zero attached hydrogens (tertiary/aromatic N) is 3. The maximum absolute atomic E-state index is 12.4. The molecule has 0 unspecified atom stereocenters. The van der Waals surface area contributed by atoms with Crippen LogP contribution in [0.5, 0.6) is 0 Å². The van der Waals surface area contributed by atoms with Gasteiger partial charge in [-0.15, -0.1) is 0 Å². The molecule has 8 heteroatoms. The molecule has 1 saturated heterocycles. The summed E-state index contributed by atoms with van der Waals surface area (Å²) in [6, 6.07) is 10.1. The van der Waals surface area contributed by atoms with Gasteiger partial charge in [-0.3, -0.25) is 14.9 Å². The van der Waals surface area contributed by atoms with E-state index in [0.29, 0.717) is 23.4 Å². The van der Waals surface area contributed by atoms with Gasteiger partial charge in [-0.2, -0.15) is 0 Å². The Morgan fingerprint density at radius 3 is 2.65 bits per heavy atom. The number of nitro groups is 1. The number of piperidine rings is 1. The summed E-state index contributed by atoms with van der Waals surface area (Å²) < 4.78 is 0. The van der Waals surface area contributed by atoms with Gasteiger partial charge in [0.05, 0.1) is 9.95 Å². The molecule has 2 heterocycles. The smallest absolute Gasteiger partial charge is 0.274 e. The molecule has 0 saturated carbocycles. The van der Waals surface area contributed by atoms with E-state index in [9.17, 15) is 14.9 Å². The number of aromatic nitrogens is 1. The number of pyridine rings is 1. The second-order valence-electron chi connectivity index (χ2n) is 6.20. The number of hydrogen-bond donors (Lipinski definition) is 1. The molecule has 0 atom stereocenters. The van der Waals surface area contributed by atoms with E-state index < -0.39 is 4.92 Å². The number of anilines is 1. The van der Waals surface area contributed by atoms with E-state index in [1.807, 2.05) is 6.07 Å². The molecule has 26 heavy (non-hydrogen) atoms. The minimum atomic E-state index is -0.431. The van der Waals surface area contributed by atoms with Gasteiger partial charge in [-0.25, -0.2) is 4.98 Å². The maximum Gasteiger partial charge on any atom is 0.274 e. The number of amides is 1. The topological polar surface area (TPSA) is 88.4 Å². The molecule has 0 bridgehead atoms. The molecule has 1 N–H and O–H groups in total. The van der Waals surface area contributed by atoms with Gasteiger partial charge in [-0.05, 0) is 25.0 Å². The van der Waals surface area contributed by atoms with Crippen LogP contribution in [0.15, 0.2) is 42.6 Å². The molecule has 1 aliphatic heterocycles. The Kier molecular flexibility index (Phi) is 5.68. The second-order valence-corrected chi connectivity index (χ2v) is 6.64. The van der Waals surface area contributed by atoms with Crippen molar-refractivity contribution < 1.29 is 9.72 Å². The van der Waals surface area contributed by atoms with Gasteiger partial charge in [0, 0.05) is 43.4 Å². The van der Waals surface area contributed by atoms with Crippen molar-refractivity contribution in [3.8, 4) is 0 Å². The van der Waals surface area contributed by atoms with E-state index in [4.69, 9.17) is 11.6 Å². The first-order valence-corrected chi connectivity index (χ1v) is 8.79. The number of benzene rings is 1. The average molecular weight is 375 g/mol. The number of nitro benzene ring substituents is 1. The van der Waals surface area contributed by atoms with Crippen molar-refractivity contribution in [3.05, 3.63) is 63.3 Å². The second kappa shape index (κ2) is 8.14. The fraction of sp³-hybridized carbons (Fsp3) is 0.333. The number of carbonyl (C=O) groups excluding carboxylic acids is 1. The molecule has 1 aromatic heterocycles. The highest BCUT2D eigenvalue weighted by atomic mass is 35.5. The Balaban J connectivity index is 1.53. The van der Waals surface area contributed by atoms with E-state index >= 15 is 0 Å². The Labute approximate surface area is 156 Å². The summed E-state index contributed by atoms with van der Waals surface area (Å²) >= 11 is 5.86. The normalized spacial score (nSPS) is 14.9. The standard InChI is InChI=1S/C18H19ClN4O3/c19-15-5-6-17(20-12-15)22-9-7-13(8-10-22)18(24)21-11-14-3-1-2-4-16(14)23(25)26/h1-6,12-13H,7-11H2,(H,21,24). The Morgan fingerprint density at radius 1 is 1.27 bits per heavy atom. The Hall–Kier alpha value is -2.67. The summed E-state index contributed by atoms with van der Waals surface area (Å²) in [5.41, 5.74) is 0.532.